The van der Waals surface area contributed by atoms with E-state index in [1.54, 1.807) is 30.5 Å². The molecule has 2 aromatic rings. The third-order valence-electron chi connectivity index (χ3n) is 5.43. The van der Waals surface area contributed by atoms with Crippen LogP contribution in [0.4, 0.5) is 10.2 Å². The maximum absolute atomic E-state index is 13.8. The molecule has 5 rings (SSSR count). The molecule has 2 amide bonds. The van der Waals surface area contributed by atoms with Gasteiger partial charge in [0.1, 0.15) is 5.82 Å². The molecule has 25 heavy (non-hydrogen) atoms. The fraction of sp³-hybridized carbons (Fsp3) is 0.389. The molecule has 3 fully saturated rings. The molecule has 0 spiro atoms. The summed E-state index contributed by atoms with van der Waals surface area (Å²) >= 11 is 0. The Morgan fingerprint density at radius 1 is 1.08 bits per heavy atom. The largest absolute Gasteiger partial charge is 0.373 e. The molecule has 7 heteroatoms. The normalized spacial score (nSPS) is 30.4. The molecule has 2 bridgehead atoms. The lowest BCUT2D eigenvalue weighted by atomic mass is 9.81. The van der Waals surface area contributed by atoms with Crippen LogP contribution < -0.4 is 4.90 Å². The summed E-state index contributed by atoms with van der Waals surface area (Å²) in [5, 5.41) is 4.32. The van der Waals surface area contributed by atoms with Crippen molar-refractivity contribution in [3.05, 3.63) is 47.9 Å². The summed E-state index contributed by atoms with van der Waals surface area (Å²) in [5.74, 6) is -1.20. The standard InChI is InChI=1S/C18H16FN3O3/c19-11-4-2-1-3-10(11)9-21-8-7-14(20-21)22-17(23)15-12-5-6-13(25-12)16(15)18(22)24/h1-4,7-8,12-13,15-16H,5-6,9H2/t12-,13-,15-,16-/m0/s1. The highest BCUT2D eigenvalue weighted by atomic mass is 19.1. The van der Waals surface area contributed by atoms with E-state index in [0.29, 0.717) is 11.4 Å². The minimum atomic E-state index is -0.372. The van der Waals surface area contributed by atoms with Gasteiger partial charge in [-0.25, -0.2) is 9.29 Å². The van der Waals surface area contributed by atoms with Gasteiger partial charge in [0.25, 0.3) is 0 Å². The summed E-state index contributed by atoms with van der Waals surface area (Å²) in [4.78, 5) is 26.6. The molecule has 0 radical (unpaired) electrons. The van der Waals surface area contributed by atoms with Gasteiger partial charge in [-0.05, 0) is 18.9 Å². The van der Waals surface area contributed by atoms with Crippen LogP contribution in [0.1, 0.15) is 18.4 Å². The van der Waals surface area contributed by atoms with Gasteiger partial charge in [0.2, 0.25) is 11.8 Å². The lowest BCUT2D eigenvalue weighted by molar-refractivity contribution is -0.124. The summed E-state index contributed by atoms with van der Waals surface area (Å²) in [5.41, 5.74) is 0.500. The number of imide groups is 1. The molecule has 0 N–H and O–H groups in total. The molecule has 0 aliphatic carbocycles. The van der Waals surface area contributed by atoms with Crippen molar-refractivity contribution in [2.75, 3.05) is 4.90 Å². The highest BCUT2D eigenvalue weighted by molar-refractivity contribution is 6.22. The molecular weight excluding hydrogens is 325 g/mol. The third kappa shape index (κ3) is 2.08. The minimum Gasteiger partial charge on any atom is -0.373 e. The highest BCUT2D eigenvalue weighted by Gasteiger charge is 2.63. The Labute approximate surface area is 143 Å². The summed E-state index contributed by atoms with van der Waals surface area (Å²) < 4.78 is 21.0. The maximum Gasteiger partial charge on any atom is 0.241 e. The number of carbonyl (C=O) groups is 2. The Hall–Kier alpha value is -2.54. The van der Waals surface area contributed by atoms with Gasteiger partial charge >= 0.3 is 0 Å². The summed E-state index contributed by atoms with van der Waals surface area (Å²) in [7, 11) is 0. The molecule has 1 aromatic heterocycles. The number of nitrogens with zero attached hydrogens (tertiary/aromatic N) is 3. The first kappa shape index (κ1) is 14.8. The van der Waals surface area contributed by atoms with Gasteiger partial charge in [0.15, 0.2) is 5.82 Å². The van der Waals surface area contributed by atoms with Crippen LogP contribution in [0.25, 0.3) is 0 Å². The zero-order chi connectivity index (χ0) is 17.1. The van der Waals surface area contributed by atoms with E-state index in [1.807, 2.05) is 0 Å². The van der Waals surface area contributed by atoms with Crippen molar-refractivity contribution in [1.29, 1.82) is 0 Å². The van der Waals surface area contributed by atoms with Crippen molar-refractivity contribution in [3.63, 3.8) is 0 Å². The number of rotatable bonds is 3. The number of aromatic nitrogens is 2. The van der Waals surface area contributed by atoms with Gasteiger partial charge in [-0.15, -0.1) is 0 Å². The van der Waals surface area contributed by atoms with Crippen molar-refractivity contribution in [3.8, 4) is 0 Å². The molecule has 0 unspecified atom stereocenters. The van der Waals surface area contributed by atoms with E-state index in [4.69, 9.17) is 4.74 Å². The van der Waals surface area contributed by atoms with Crippen LogP contribution in [-0.2, 0) is 20.9 Å². The molecule has 4 heterocycles. The predicted octanol–water partition coefficient (Wildman–Crippen LogP) is 1.74. The molecule has 6 nitrogen and oxygen atoms in total. The van der Waals surface area contributed by atoms with Crippen LogP contribution in [0.15, 0.2) is 36.5 Å². The van der Waals surface area contributed by atoms with E-state index in [-0.39, 0.29) is 48.2 Å². The lowest BCUT2D eigenvalue weighted by Crippen LogP contribution is -2.34. The molecule has 3 saturated heterocycles. The smallest absolute Gasteiger partial charge is 0.241 e. The van der Waals surface area contributed by atoms with E-state index < -0.39 is 0 Å². The SMILES string of the molecule is O=C1[C@@H]2[C@@H](C(=O)N1c1ccn(Cc3ccccc3F)n1)[C@@H]1CC[C@@H]2O1. The number of amides is 2. The van der Waals surface area contributed by atoms with Crippen LogP contribution in [0.5, 0.6) is 0 Å². The van der Waals surface area contributed by atoms with Crippen LogP contribution in [0, 0.1) is 17.7 Å². The average molecular weight is 341 g/mol. The van der Waals surface area contributed by atoms with E-state index >= 15 is 0 Å². The van der Waals surface area contributed by atoms with E-state index in [0.717, 1.165) is 12.8 Å². The summed E-state index contributed by atoms with van der Waals surface area (Å²) in [6.07, 6.45) is 3.04. The second-order valence-corrected chi connectivity index (χ2v) is 6.82. The van der Waals surface area contributed by atoms with Crippen LogP contribution in [0.2, 0.25) is 0 Å². The number of anilines is 1. The van der Waals surface area contributed by atoms with Crippen LogP contribution in [0.3, 0.4) is 0 Å². The molecule has 0 saturated carbocycles. The predicted molar refractivity (Wildman–Crippen MR) is 85.1 cm³/mol. The molecule has 4 atom stereocenters. The van der Waals surface area contributed by atoms with Crippen molar-refractivity contribution in [1.82, 2.24) is 9.78 Å². The minimum absolute atomic E-state index is 0.142. The molecule has 3 aliphatic heterocycles. The van der Waals surface area contributed by atoms with Gasteiger partial charge in [0.05, 0.1) is 30.6 Å². The molecule has 3 aliphatic rings. The van der Waals surface area contributed by atoms with Crippen molar-refractivity contribution in [2.45, 2.75) is 31.6 Å². The first-order chi connectivity index (χ1) is 12.1. The molecule has 128 valence electrons. The number of carbonyl (C=O) groups excluding carboxylic acids is 2. The van der Waals surface area contributed by atoms with Gasteiger partial charge in [-0.2, -0.15) is 5.10 Å². The van der Waals surface area contributed by atoms with Gasteiger partial charge in [0, 0.05) is 17.8 Å². The molecular formula is C18H16FN3O3. The van der Waals surface area contributed by atoms with E-state index in [9.17, 15) is 14.0 Å². The second-order valence-electron chi connectivity index (χ2n) is 6.82. The zero-order valence-corrected chi connectivity index (χ0v) is 13.3. The van der Waals surface area contributed by atoms with E-state index in [2.05, 4.69) is 5.10 Å². The van der Waals surface area contributed by atoms with Gasteiger partial charge in [-0.3, -0.25) is 14.3 Å². The average Bonchev–Trinajstić information content (AvgIpc) is 3.35. The Morgan fingerprint density at radius 3 is 2.44 bits per heavy atom. The summed E-state index contributed by atoms with van der Waals surface area (Å²) in [6, 6.07) is 8.09. The van der Waals surface area contributed by atoms with Crippen molar-refractivity contribution < 1.29 is 18.7 Å². The number of hydrogen-bond acceptors (Lipinski definition) is 4. The zero-order valence-electron chi connectivity index (χ0n) is 13.3. The number of fused-ring (bicyclic) bond motifs is 5. The lowest BCUT2D eigenvalue weighted by Gasteiger charge is -2.15. The number of ether oxygens (including phenoxy) is 1. The molecule has 1 aromatic carbocycles. The highest BCUT2D eigenvalue weighted by Crippen LogP contribution is 2.49. The van der Waals surface area contributed by atoms with Crippen molar-refractivity contribution in [2.24, 2.45) is 11.8 Å². The monoisotopic (exact) mass is 341 g/mol. The Morgan fingerprint density at radius 2 is 1.76 bits per heavy atom. The Balaban J connectivity index is 1.41. The fourth-order valence-corrected chi connectivity index (χ4v) is 4.30. The van der Waals surface area contributed by atoms with Gasteiger partial charge < -0.3 is 4.74 Å². The number of benzene rings is 1. The second kappa shape index (κ2) is 5.23. The quantitative estimate of drug-likeness (QED) is 0.798. The van der Waals surface area contributed by atoms with Crippen LogP contribution in [-0.4, -0.2) is 33.8 Å². The summed E-state index contributed by atoms with van der Waals surface area (Å²) in [6.45, 7) is 0.240. The Bertz CT molecular complexity index is 852. The fourth-order valence-electron chi connectivity index (χ4n) is 4.30. The topological polar surface area (TPSA) is 64.4 Å². The maximum atomic E-state index is 13.8. The first-order valence-corrected chi connectivity index (χ1v) is 8.43. The first-order valence-electron chi connectivity index (χ1n) is 8.43. The third-order valence-corrected chi connectivity index (χ3v) is 5.43. The number of hydrogen-bond donors (Lipinski definition) is 0. The van der Waals surface area contributed by atoms with Crippen molar-refractivity contribution >= 4 is 17.6 Å². The van der Waals surface area contributed by atoms with Gasteiger partial charge in [-0.1, -0.05) is 18.2 Å². The van der Waals surface area contributed by atoms with E-state index in [1.165, 1.54) is 15.6 Å². The Kier molecular flexibility index (Phi) is 3.09. The van der Waals surface area contributed by atoms with Crippen LogP contribution >= 0.6 is 0 Å². The number of halogens is 1.